The van der Waals surface area contributed by atoms with Crippen LogP contribution in [0.3, 0.4) is 0 Å². The van der Waals surface area contributed by atoms with Gasteiger partial charge in [-0.15, -0.1) is 0 Å². The van der Waals surface area contributed by atoms with Crippen molar-refractivity contribution < 1.29 is 21.2 Å². The van der Waals surface area contributed by atoms with Gasteiger partial charge in [0.2, 0.25) is 20.0 Å². The van der Waals surface area contributed by atoms with E-state index < -0.39 is 25.9 Å². The first-order valence-electron chi connectivity index (χ1n) is 7.21. The lowest BCUT2D eigenvalue weighted by molar-refractivity contribution is 0.335. The van der Waals surface area contributed by atoms with E-state index in [4.69, 9.17) is 0 Å². The Labute approximate surface area is 137 Å². The average molecular weight is 366 g/mol. The topological polar surface area (TPSA) is 83.6 Å². The number of benzene rings is 1. The first-order valence-corrected chi connectivity index (χ1v) is 10.5. The van der Waals surface area contributed by atoms with Crippen molar-refractivity contribution in [2.24, 2.45) is 0 Å². The van der Waals surface area contributed by atoms with Gasteiger partial charge in [-0.3, -0.25) is 0 Å². The zero-order valence-electron chi connectivity index (χ0n) is 13.7. The van der Waals surface area contributed by atoms with Gasteiger partial charge in [0.1, 0.15) is 5.82 Å². The molecule has 1 aromatic rings. The molecule has 0 radical (unpaired) electrons. The number of halogens is 1. The zero-order chi connectivity index (χ0) is 17.8. The predicted molar refractivity (Wildman–Crippen MR) is 87.6 cm³/mol. The first-order chi connectivity index (χ1) is 10.5. The second kappa shape index (κ2) is 7.69. The molecular weight excluding hydrogens is 343 g/mol. The quantitative estimate of drug-likeness (QED) is 0.755. The maximum atomic E-state index is 13.1. The van der Waals surface area contributed by atoms with E-state index in [1.807, 2.05) is 6.92 Å². The fourth-order valence-electron chi connectivity index (χ4n) is 2.20. The molecule has 6 nitrogen and oxygen atoms in total. The van der Waals surface area contributed by atoms with Crippen LogP contribution in [-0.4, -0.2) is 46.5 Å². The molecule has 0 aliphatic rings. The van der Waals surface area contributed by atoms with Gasteiger partial charge in [-0.05, 0) is 44.0 Å². The van der Waals surface area contributed by atoms with E-state index in [0.717, 1.165) is 18.4 Å². The van der Waals surface area contributed by atoms with Crippen molar-refractivity contribution in [3.63, 3.8) is 0 Å². The lowest BCUT2D eigenvalue weighted by Crippen LogP contribution is -2.42. The minimum absolute atomic E-state index is 0.0201. The second-order valence-corrected chi connectivity index (χ2v) is 9.11. The SMILES string of the molecule is CCC(C)N(CCNS(=O)(=O)c1ccc(F)cc1C)S(C)(=O)=O. The molecule has 0 bridgehead atoms. The summed E-state index contributed by atoms with van der Waals surface area (Å²) >= 11 is 0. The van der Waals surface area contributed by atoms with E-state index in [9.17, 15) is 21.2 Å². The normalized spacial score (nSPS) is 14.2. The van der Waals surface area contributed by atoms with Crippen molar-refractivity contribution >= 4 is 20.0 Å². The zero-order valence-corrected chi connectivity index (χ0v) is 15.3. The highest BCUT2D eigenvalue weighted by Gasteiger charge is 2.23. The summed E-state index contributed by atoms with van der Waals surface area (Å²) in [5.74, 6) is -0.513. The van der Waals surface area contributed by atoms with Gasteiger partial charge in [-0.25, -0.2) is 25.9 Å². The van der Waals surface area contributed by atoms with Crippen LogP contribution >= 0.6 is 0 Å². The molecule has 23 heavy (non-hydrogen) atoms. The molecule has 0 heterocycles. The maximum Gasteiger partial charge on any atom is 0.240 e. The average Bonchev–Trinajstić information content (AvgIpc) is 2.41. The molecule has 0 saturated heterocycles. The van der Waals surface area contributed by atoms with Gasteiger partial charge in [0.15, 0.2) is 0 Å². The van der Waals surface area contributed by atoms with Crippen molar-refractivity contribution in [1.82, 2.24) is 9.03 Å². The van der Waals surface area contributed by atoms with Crippen LogP contribution < -0.4 is 4.72 Å². The van der Waals surface area contributed by atoms with E-state index >= 15 is 0 Å². The summed E-state index contributed by atoms with van der Waals surface area (Å²) in [6.45, 7) is 5.10. The van der Waals surface area contributed by atoms with Crippen LogP contribution in [-0.2, 0) is 20.0 Å². The van der Waals surface area contributed by atoms with Crippen LogP contribution in [0.5, 0.6) is 0 Å². The molecule has 1 unspecified atom stereocenters. The number of nitrogens with zero attached hydrogens (tertiary/aromatic N) is 1. The Morgan fingerprint density at radius 2 is 1.87 bits per heavy atom. The van der Waals surface area contributed by atoms with Crippen LogP contribution in [0.15, 0.2) is 23.1 Å². The number of aryl methyl sites for hydroxylation is 1. The Balaban J connectivity index is 2.84. The third-order valence-corrected chi connectivity index (χ3v) is 6.57. The molecule has 132 valence electrons. The lowest BCUT2D eigenvalue weighted by Gasteiger charge is -2.26. The largest absolute Gasteiger partial charge is 0.240 e. The summed E-state index contributed by atoms with van der Waals surface area (Å²) in [4.78, 5) is -0.0201. The highest BCUT2D eigenvalue weighted by atomic mass is 32.2. The predicted octanol–water partition coefficient (Wildman–Crippen LogP) is 1.47. The summed E-state index contributed by atoms with van der Waals surface area (Å²) in [7, 11) is -7.24. The molecule has 0 amide bonds. The van der Waals surface area contributed by atoms with E-state index in [-0.39, 0.29) is 24.0 Å². The summed E-state index contributed by atoms with van der Waals surface area (Å²) in [6.07, 6.45) is 1.72. The summed E-state index contributed by atoms with van der Waals surface area (Å²) in [5, 5.41) is 0. The first kappa shape index (κ1) is 20.0. The number of rotatable bonds is 8. The number of nitrogens with one attached hydrogen (secondary N) is 1. The van der Waals surface area contributed by atoms with Crippen molar-refractivity contribution in [1.29, 1.82) is 0 Å². The minimum atomic E-state index is -3.82. The van der Waals surface area contributed by atoms with Crippen LogP contribution in [0.25, 0.3) is 0 Å². The second-order valence-electron chi connectivity index (χ2n) is 5.44. The van der Waals surface area contributed by atoms with Crippen LogP contribution in [0.4, 0.5) is 4.39 Å². The Morgan fingerprint density at radius 1 is 1.26 bits per heavy atom. The van der Waals surface area contributed by atoms with Gasteiger partial charge in [0, 0.05) is 19.1 Å². The Bertz CT molecular complexity index is 748. The van der Waals surface area contributed by atoms with Gasteiger partial charge in [0.25, 0.3) is 0 Å². The van der Waals surface area contributed by atoms with Crippen molar-refractivity contribution in [2.45, 2.75) is 38.1 Å². The monoisotopic (exact) mass is 366 g/mol. The Morgan fingerprint density at radius 3 is 2.35 bits per heavy atom. The molecule has 0 saturated carbocycles. The van der Waals surface area contributed by atoms with Crippen LogP contribution in [0.1, 0.15) is 25.8 Å². The molecular formula is C14H23FN2O4S2. The minimum Gasteiger partial charge on any atom is -0.212 e. The molecule has 0 spiro atoms. The Hall–Kier alpha value is -1.03. The molecule has 0 fully saturated rings. The highest BCUT2D eigenvalue weighted by molar-refractivity contribution is 7.89. The maximum absolute atomic E-state index is 13.1. The van der Waals surface area contributed by atoms with Gasteiger partial charge in [-0.1, -0.05) is 6.92 Å². The fraction of sp³-hybridized carbons (Fsp3) is 0.571. The summed E-state index contributed by atoms with van der Waals surface area (Å²) in [6, 6.07) is 3.18. The van der Waals surface area contributed by atoms with Crippen LogP contribution in [0.2, 0.25) is 0 Å². The molecule has 1 N–H and O–H groups in total. The third-order valence-electron chi connectivity index (χ3n) is 3.56. The summed E-state index contributed by atoms with van der Waals surface area (Å²) in [5.41, 5.74) is 0.291. The summed E-state index contributed by atoms with van der Waals surface area (Å²) < 4.78 is 64.7. The standard InChI is InChI=1S/C14H23FN2O4S2/c1-5-12(3)17(22(4,18)19)9-8-16-23(20,21)14-7-6-13(15)10-11(14)2/h6-7,10,12,16H,5,8-9H2,1-4H3. The number of hydrogen-bond acceptors (Lipinski definition) is 4. The van der Waals surface area contributed by atoms with E-state index in [2.05, 4.69) is 4.72 Å². The van der Waals surface area contributed by atoms with Gasteiger partial charge >= 0.3 is 0 Å². The van der Waals surface area contributed by atoms with E-state index in [1.165, 1.54) is 17.3 Å². The van der Waals surface area contributed by atoms with Gasteiger partial charge in [0.05, 0.1) is 11.2 Å². The smallest absolute Gasteiger partial charge is 0.212 e. The number of sulfonamides is 2. The highest BCUT2D eigenvalue weighted by Crippen LogP contribution is 2.16. The van der Waals surface area contributed by atoms with Crippen molar-refractivity contribution in [2.75, 3.05) is 19.3 Å². The van der Waals surface area contributed by atoms with Crippen LogP contribution in [0, 0.1) is 12.7 Å². The van der Waals surface area contributed by atoms with Gasteiger partial charge < -0.3 is 0 Å². The molecule has 0 aliphatic heterocycles. The molecule has 1 rings (SSSR count). The fourth-order valence-corrected chi connectivity index (χ4v) is 4.67. The molecule has 9 heteroatoms. The third kappa shape index (κ3) is 5.52. The van der Waals surface area contributed by atoms with Gasteiger partial charge in [-0.2, -0.15) is 4.31 Å². The van der Waals surface area contributed by atoms with E-state index in [1.54, 1.807) is 6.92 Å². The molecule has 1 atom stereocenters. The molecule has 0 aromatic heterocycles. The molecule has 1 aromatic carbocycles. The number of hydrogen-bond donors (Lipinski definition) is 1. The van der Waals surface area contributed by atoms with Crippen molar-refractivity contribution in [3.8, 4) is 0 Å². The van der Waals surface area contributed by atoms with Crippen molar-refractivity contribution in [3.05, 3.63) is 29.6 Å². The lowest BCUT2D eigenvalue weighted by atomic mass is 10.2. The Kier molecular flexibility index (Phi) is 6.70. The van der Waals surface area contributed by atoms with E-state index in [0.29, 0.717) is 12.0 Å². The molecule has 0 aliphatic carbocycles.